The van der Waals surface area contributed by atoms with Gasteiger partial charge in [0.15, 0.2) is 0 Å². The van der Waals surface area contributed by atoms with E-state index in [4.69, 9.17) is 11.0 Å². The molecule has 1 aliphatic carbocycles. The van der Waals surface area contributed by atoms with Gasteiger partial charge in [-0.2, -0.15) is 5.26 Å². The van der Waals surface area contributed by atoms with E-state index in [2.05, 4.69) is 6.07 Å². The van der Waals surface area contributed by atoms with Gasteiger partial charge in [-0.25, -0.2) is 0 Å². The molecule has 24 heavy (non-hydrogen) atoms. The second-order valence-corrected chi connectivity index (χ2v) is 6.97. The summed E-state index contributed by atoms with van der Waals surface area (Å²) in [5.41, 5.74) is 6.75. The Balaban J connectivity index is 0.00000208. The molecule has 1 aliphatic heterocycles. The normalized spacial score (nSPS) is 24.4. The lowest BCUT2D eigenvalue weighted by atomic mass is 9.75. The van der Waals surface area contributed by atoms with Gasteiger partial charge in [0.1, 0.15) is 11.8 Å². The molecule has 1 saturated heterocycles. The van der Waals surface area contributed by atoms with Crippen molar-refractivity contribution in [3.8, 4) is 6.07 Å². The van der Waals surface area contributed by atoms with Gasteiger partial charge in [0.05, 0.1) is 6.04 Å². The summed E-state index contributed by atoms with van der Waals surface area (Å²) in [4.78, 5) is 14.6. The van der Waals surface area contributed by atoms with E-state index in [1.165, 1.54) is 25.7 Å². The first-order chi connectivity index (χ1) is 11.2. The Morgan fingerprint density at radius 3 is 2.83 bits per heavy atom. The van der Waals surface area contributed by atoms with Gasteiger partial charge in [0.2, 0.25) is 5.91 Å². The van der Waals surface area contributed by atoms with Crippen molar-refractivity contribution in [2.24, 2.45) is 17.6 Å². The molecule has 1 aromatic heterocycles. The van der Waals surface area contributed by atoms with E-state index in [9.17, 15) is 4.79 Å². The zero-order chi connectivity index (χ0) is 16.2. The largest absolute Gasteiger partial charge is 0.341 e. The number of nitriles is 1. The first-order valence-electron chi connectivity index (χ1n) is 8.78. The van der Waals surface area contributed by atoms with Crippen molar-refractivity contribution >= 4 is 18.3 Å². The first kappa shape index (κ1) is 18.8. The summed E-state index contributed by atoms with van der Waals surface area (Å²) in [6.45, 7) is 2.37. The highest BCUT2D eigenvalue weighted by Gasteiger charge is 2.34. The van der Waals surface area contributed by atoms with Crippen LogP contribution in [0.5, 0.6) is 0 Å². The predicted molar refractivity (Wildman–Crippen MR) is 95.6 cm³/mol. The molecule has 0 aromatic carbocycles. The van der Waals surface area contributed by atoms with Crippen LogP contribution in [0.1, 0.15) is 44.2 Å². The molecule has 132 valence electrons. The van der Waals surface area contributed by atoms with Gasteiger partial charge in [-0.3, -0.25) is 4.79 Å². The number of carbonyl (C=O) groups excluding carboxylic acids is 1. The second-order valence-electron chi connectivity index (χ2n) is 6.97. The molecule has 0 radical (unpaired) electrons. The van der Waals surface area contributed by atoms with E-state index in [0.717, 1.165) is 25.4 Å². The van der Waals surface area contributed by atoms with Crippen LogP contribution in [0.2, 0.25) is 0 Å². The molecule has 1 aromatic rings. The molecule has 2 fully saturated rings. The fourth-order valence-electron chi connectivity index (χ4n) is 4.15. The number of aromatic nitrogens is 1. The Morgan fingerprint density at radius 1 is 1.33 bits per heavy atom. The SMILES string of the molecule is Cl.N#Cc1cccn1CCC(N)C(=O)N1CC[C@@H]2CCCC[C@H]2C1. The number of carbonyl (C=O) groups is 1. The number of hydrogen-bond acceptors (Lipinski definition) is 3. The standard InChI is InChI=1S/C18H26N4O.ClH/c19-12-16-6-3-9-21(16)11-8-17(20)18(23)22-10-7-14-4-1-2-5-15(14)13-22;/h3,6,9,14-15,17H,1-2,4-5,7-8,10-11,13,20H2;1H/t14-,15-,17?;/m0./s1. The Labute approximate surface area is 150 Å². The van der Waals surface area contributed by atoms with E-state index in [-0.39, 0.29) is 18.3 Å². The van der Waals surface area contributed by atoms with E-state index < -0.39 is 6.04 Å². The summed E-state index contributed by atoms with van der Waals surface area (Å²) in [6.07, 6.45) is 8.84. The lowest BCUT2D eigenvalue weighted by Gasteiger charge is -2.42. The van der Waals surface area contributed by atoms with E-state index >= 15 is 0 Å². The number of rotatable bonds is 4. The first-order valence-corrected chi connectivity index (χ1v) is 8.78. The minimum absolute atomic E-state index is 0. The van der Waals surface area contributed by atoms with Gasteiger partial charge in [-0.05, 0) is 43.2 Å². The van der Waals surface area contributed by atoms with Crippen LogP contribution in [0, 0.1) is 23.2 Å². The van der Waals surface area contributed by atoms with Crippen LogP contribution in [0.15, 0.2) is 18.3 Å². The zero-order valence-corrected chi connectivity index (χ0v) is 14.9. The molecule has 5 nitrogen and oxygen atoms in total. The number of fused-ring (bicyclic) bond motifs is 1. The van der Waals surface area contributed by atoms with Crippen molar-refractivity contribution in [2.45, 2.75) is 51.1 Å². The number of hydrogen-bond donors (Lipinski definition) is 1. The van der Waals surface area contributed by atoms with Crippen molar-refractivity contribution in [2.75, 3.05) is 13.1 Å². The summed E-state index contributed by atoms with van der Waals surface area (Å²) in [5.74, 6) is 1.59. The minimum Gasteiger partial charge on any atom is -0.341 e. The Bertz CT molecular complexity index is 594. The van der Waals surface area contributed by atoms with Gasteiger partial charge in [-0.1, -0.05) is 19.3 Å². The molecule has 3 rings (SSSR count). The van der Waals surface area contributed by atoms with Crippen molar-refractivity contribution in [3.63, 3.8) is 0 Å². The number of piperidine rings is 1. The van der Waals surface area contributed by atoms with Crippen molar-refractivity contribution in [3.05, 3.63) is 24.0 Å². The molecule has 3 atom stereocenters. The highest BCUT2D eigenvalue weighted by atomic mass is 35.5. The van der Waals surface area contributed by atoms with Gasteiger partial charge >= 0.3 is 0 Å². The van der Waals surface area contributed by atoms with Crippen molar-refractivity contribution in [1.82, 2.24) is 9.47 Å². The maximum Gasteiger partial charge on any atom is 0.239 e. The summed E-state index contributed by atoms with van der Waals surface area (Å²) in [7, 11) is 0. The predicted octanol–water partition coefficient (Wildman–Crippen LogP) is 2.54. The highest BCUT2D eigenvalue weighted by molar-refractivity contribution is 5.85. The molecular formula is C18H27ClN4O. The molecule has 1 amide bonds. The van der Waals surface area contributed by atoms with Crippen LogP contribution >= 0.6 is 12.4 Å². The fourth-order valence-corrected chi connectivity index (χ4v) is 4.15. The number of halogens is 1. The van der Waals surface area contributed by atoms with E-state index in [0.29, 0.717) is 24.6 Å². The number of likely N-dealkylation sites (tertiary alicyclic amines) is 1. The summed E-state index contributed by atoms with van der Waals surface area (Å²) in [6, 6.07) is 5.31. The average molecular weight is 351 g/mol. The Hall–Kier alpha value is -1.51. The van der Waals surface area contributed by atoms with Crippen LogP contribution in [0.3, 0.4) is 0 Å². The van der Waals surface area contributed by atoms with Gasteiger partial charge in [0, 0.05) is 25.8 Å². The maximum absolute atomic E-state index is 12.6. The van der Waals surface area contributed by atoms with Gasteiger partial charge in [-0.15, -0.1) is 12.4 Å². The lowest BCUT2D eigenvalue weighted by Crippen LogP contribution is -2.50. The fraction of sp³-hybridized carbons (Fsp3) is 0.667. The molecule has 2 aliphatic rings. The molecular weight excluding hydrogens is 324 g/mol. The Morgan fingerprint density at radius 2 is 2.08 bits per heavy atom. The zero-order valence-electron chi connectivity index (χ0n) is 14.1. The summed E-state index contributed by atoms with van der Waals surface area (Å²) >= 11 is 0. The van der Waals surface area contributed by atoms with Crippen LogP contribution in [0.4, 0.5) is 0 Å². The van der Waals surface area contributed by atoms with Crippen molar-refractivity contribution in [1.29, 1.82) is 5.26 Å². The molecule has 1 unspecified atom stereocenters. The smallest absolute Gasteiger partial charge is 0.239 e. The molecule has 0 bridgehead atoms. The minimum atomic E-state index is -0.468. The lowest BCUT2D eigenvalue weighted by molar-refractivity contribution is -0.135. The van der Waals surface area contributed by atoms with Gasteiger partial charge < -0.3 is 15.2 Å². The summed E-state index contributed by atoms with van der Waals surface area (Å²) < 4.78 is 1.86. The molecule has 6 heteroatoms. The second kappa shape index (κ2) is 8.55. The number of nitrogens with zero attached hydrogens (tertiary/aromatic N) is 3. The van der Waals surface area contributed by atoms with E-state index in [1.807, 2.05) is 21.7 Å². The van der Waals surface area contributed by atoms with Crippen LogP contribution < -0.4 is 5.73 Å². The monoisotopic (exact) mass is 350 g/mol. The third kappa shape index (κ3) is 4.12. The molecule has 1 saturated carbocycles. The number of aryl methyl sites for hydroxylation is 1. The maximum atomic E-state index is 12.6. The topological polar surface area (TPSA) is 75.0 Å². The summed E-state index contributed by atoms with van der Waals surface area (Å²) in [5, 5.41) is 9.02. The number of nitrogens with two attached hydrogens (primary N) is 1. The average Bonchev–Trinajstić information content (AvgIpc) is 3.06. The number of amides is 1. The Kier molecular flexibility index (Phi) is 6.70. The third-order valence-corrected chi connectivity index (χ3v) is 5.55. The molecule has 0 spiro atoms. The molecule has 2 N–H and O–H groups in total. The van der Waals surface area contributed by atoms with Crippen LogP contribution in [-0.2, 0) is 11.3 Å². The van der Waals surface area contributed by atoms with Crippen LogP contribution in [0.25, 0.3) is 0 Å². The highest BCUT2D eigenvalue weighted by Crippen LogP contribution is 2.36. The van der Waals surface area contributed by atoms with Crippen LogP contribution in [-0.4, -0.2) is 34.5 Å². The van der Waals surface area contributed by atoms with Gasteiger partial charge in [0.25, 0.3) is 0 Å². The van der Waals surface area contributed by atoms with Crippen molar-refractivity contribution < 1.29 is 4.79 Å². The van der Waals surface area contributed by atoms with E-state index in [1.54, 1.807) is 6.07 Å². The molecule has 2 heterocycles. The third-order valence-electron chi connectivity index (χ3n) is 5.55. The quantitative estimate of drug-likeness (QED) is 0.906.